The Labute approximate surface area is 75.7 Å². The van der Waals surface area contributed by atoms with Crippen LogP contribution in [0.25, 0.3) is 0 Å². The number of rotatable bonds is 2. The van der Waals surface area contributed by atoms with Crippen LogP contribution in [0.4, 0.5) is 0 Å². The van der Waals surface area contributed by atoms with E-state index in [1.165, 1.54) is 0 Å². The summed E-state index contributed by atoms with van der Waals surface area (Å²) in [5.41, 5.74) is 0. The van der Waals surface area contributed by atoms with Crippen molar-refractivity contribution in [2.24, 2.45) is 0 Å². The molecule has 0 bridgehead atoms. The standard InChI is InChI=1S/C4H11O2P.Y/c1-4(5)3-7(2)6;/h4-5,7H,3H2,1-2H3;. The Bertz CT molecular complexity index is 74.4. The summed E-state index contributed by atoms with van der Waals surface area (Å²) in [5.74, 6) is 0. The van der Waals surface area contributed by atoms with Crippen LogP contribution in [0.15, 0.2) is 0 Å². The largest absolute Gasteiger partial charge is 0.393 e. The van der Waals surface area contributed by atoms with Crippen LogP contribution in [0.3, 0.4) is 0 Å². The Kier molecular flexibility index (Phi) is 9.64. The number of aliphatic hydroxyl groups is 1. The van der Waals surface area contributed by atoms with E-state index in [0.29, 0.717) is 6.16 Å². The average Bonchev–Trinajstić information content (AvgIpc) is 1.27. The van der Waals surface area contributed by atoms with Crippen LogP contribution in [0.5, 0.6) is 0 Å². The molecule has 47 valence electrons. The molecule has 0 rings (SSSR count). The van der Waals surface area contributed by atoms with Crippen LogP contribution in [0, 0.1) is 0 Å². The van der Waals surface area contributed by atoms with Gasteiger partial charge in [-0.25, -0.2) is 0 Å². The SMILES string of the molecule is CC(O)C[PH](C)=O.[Y]. The minimum absolute atomic E-state index is 0. The topological polar surface area (TPSA) is 37.3 Å². The molecule has 0 heterocycles. The smallest absolute Gasteiger partial charge is 0.0758 e. The van der Waals surface area contributed by atoms with Gasteiger partial charge in [0.15, 0.2) is 0 Å². The Balaban J connectivity index is 0. The molecule has 2 nitrogen and oxygen atoms in total. The second-order valence-corrected chi connectivity index (χ2v) is 3.57. The molecule has 0 aromatic rings. The zero-order chi connectivity index (χ0) is 5.86. The van der Waals surface area contributed by atoms with Gasteiger partial charge in [-0.2, -0.15) is 0 Å². The van der Waals surface area contributed by atoms with Crippen molar-refractivity contribution in [3.05, 3.63) is 0 Å². The maximum absolute atomic E-state index is 10.3. The monoisotopic (exact) mass is 211 g/mol. The molecular formula is C4H11O2PY. The van der Waals surface area contributed by atoms with Crippen LogP contribution >= 0.6 is 7.80 Å². The molecule has 0 fully saturated rings. The van der Waals surface area contributed by atoms with Crippen LogP contribution in [0.1, 0.15) is 6.92 Å². The van der Waals surface area contributed by atoms with E-state index in [4.69, 9.17) is 5.11 Å². The zero-order valence-electron chi connectivity index (χ0n) is 5.22. The fraction of sp³-hybridized carbons (Fsp3) is 1.00. The van der Waals surface area contributed by atoms with Gasteiger partial charge in [0, 0.05) is 38.9 Å². The summed E-state index contributed by atoms with van der Waals surface area (Å²) in [6, 6.07) is 0. The van der Waals surface area contributed by atoms with Gasteiger partial charge in [0.25, 0.3) is 0 Å². The summed E-state index contributed by atoms with van der Waals surface area (Å²) in [6.45, 7) is 3.30. The van der Waals surface area contributed by atoms with Crippen molar-refractivity contribution in [3.63, 3.8) is 0 Å². The Hall–Kier alpha value is 1.29. The normalized spacial score (nSPS) is 16.4. The molecule has 0 aliphatic rings. The first-order chi connectivity index (χ1) is 3.13. The van der Waals surface area contributed by atoms with Crippen molar-refractivity contribution >= 4 is 7.80 Å². The van der Waals surface area contributed by atoms with E-state index >= 15 is 0 Å². The van der Waals surface area contributed by atoms with Crippen molar-refractivity contribution in [3.8, 4) is 0 Å². The van der Waals surface area contributed by atoms with Gasteiger partial charge >= 0.3 is 0 Å². The minimum Gasteiger partial charge on any atom is -0.393 e. The summed E-state index contributed by atoms with van der Waals surface area (Å²) < 4.78 is 10.3. The zero-order valence-corrected chi connectivity index (χ0v) is 9.06. The molecule has 2 unspecified atom stereocenters. The molecule has 0 aromatic heterocycles. The Morgan fingerprint density at radius 3 is 2.12 bits per heavy atom. The van der Waals surface area contributed by atoms with Crippen molar-refractivity contribution in [1.29, 1.82) is 0 Å². The van der Waals surface area contributed by atoms with E-state index < -0.39 is 13.9 Å². The summed E-state index contributed by atoms with van der Waals surface area (Å²) in [7, 11) is -1.43. The molecule has 0 amide bonds. The average molecular weight is 211 g/mol. The number of aliphatic hydroxyl groups excluding tert-OH is 1. The molecule has 0 aliphatic heterocycles. The summed E-state index contributed by atoms with van der Waals surface area (Å²) in [6.07, 6.45) is 0.0707. The van der Waals surface area contributed by atoms with E-state index in [1.54, 1.807) is 13.6 Å². The van der Waals surface area contributed by atoms with Gasteiger partial charge in [0.05, 0.1) is 13.9 Å². The van der Waals surface area contributed by atoms with Gasteiger partial charge < -0.3 is 9.67 Å². The van der Waals surface area contributed by atoms with Crippen LogP contribution in [-0.2, 0) is 37.3 Å². The second kappa shape index (κ2) is 6.41. The fourth-order valence-corrected chi connectivity index (χ4v) is 1.25. The molecule has 2 atom stereocenters. The molecular weight excluding hydrogens is 200 g/mol. The quantitative estimate of drug-likeness (QED) is 0.677. The molecule has 4 heteroatoms. The van der Waals surface area contributed by atoms with Crippen LogP contribution in [0.2, 0.25) is 0 Å². The molecule has 0 aliphatic carbocycles. The van der Waals surface area contributed by atoms with Gasteiger partial charge in [0.1, 0.15) is 0 Å². The first-order valence-electron chi connectivity index (χ1n) is 2.30. The molecule has 1 N–H and O–H groups in total. The van der Waals surface area contributed by atoms with E-state index in [-0.39, 0.29) is 32.7 Å². The van der Waals surface area contributed by atoms with Gasteiger partial charge in [-0.05, 0) is 13.6 Å². The summed E-state index contributed by atoms with van der Waals surface area (Å²) in [4.78, 5) is 0. The fourth-order valence-electron chi connectivity index (χ4n) is 0.416. The molecule has 0 saturated heterocycles. The van der Waals surface area contributed by atoms with Crippen molar-refractivity contribution in [1.82, 2.24) is 0 Å². The molecule has 0 spiro atoms. The van der Waals surface area contributed by atoms with Crippen LogP contribution in [-0.4, -0.2) is 24.0 Å². The van der Waals surface area contributed by atoms with Crippen molar-refractivity contribution in [2.75, 3.05) is 12.8 Å². The van der Waals surface area contributed by atoms with E-state index in [2.05, 4.69) is 0 Å². The Morgan fingerprint density at radius 2 is 2.12 bits per heavy atom. The molecule has 0 saturated carbocycles. The third-order valence-corrected chi connectivity index (χ3v) is 1.75. The van der Waals surface area contributed by atoms with E-state index in [1.807, 2.05) is 0 Å². The van der Waals surface area contributed by atoms with E-state index in [9.17, 15) is 4.57 Å². The first-order valence-corrected chi connectivity index (χ1v) is 4.42. The predicted molar refractivity (Wildman–Crippen MR) is 31.5 cm³/mol. The number of hydrogen-bond acceptors (Lipinski definition) is 2. The van der Waals surface area contributed by atoms with Gasteiger partial charge in [-0.15, -0.1) is 0 Å². The second-order valence-electron chi connectivity index (χ2n) is 1.76. The van der Waals surface area contributed by atoms with Crippen molar-refractivity contribution in [2.45, 2.75) is 13.0 Å². The third kappa shape index (κ3) is 10.3. The Morgan fingerprint density at radius 1 is 1.75 bits per heavy atom. The van der Waals surface area contributed by atoms with Gasteiger partial charge in [0.2, 0.25) is 0 Å². The molecule has 8 heavy (non-hydrogen) atoms. The first kappa shape index (κ1) is 12.0. The summed E-state index contributed by atoms with van der Waals surface area (Å²) >= 11 is 0. The predicted octanol–water partition coefficient (Wildman–Crippen LogP) is 0.554. The maximum atomic E-state index is 10.3. The van der Waals surface area contributed by atoms with Gasteiger partial charge in [-0.3, -0.25) is 0 Å². The minimum atomic E-state index is -1.43. The molecule has 1 radical (unpaired) electrons. The number of hydrogen-bond donors (Lipinski definition) is 1. The third-order valence-electron chi connectivity index (χ3n) is 0.583. The van der Waals surface area contributed by atoms with Gasteiger partial charge in [-0.1, -0.05) is 0 Å². The maximum Gasteiger partial charge on any atom is 0.0758 e. The molecule has 0 aromatic carbocycles. The van der Waals surface area contributed by atoms with Crippen LogP contribution < -0.4 is 0 Å². The van der Waals surface area contributed by atoms with E-state index in [0.717, 1.165) is 0 Å². The van der Waals surface area contributed by atoms with Crippen molar-refractivity contribution < 1.29 is 42.4 Å². The summed E-state index contributed by atoms with van der Waals surface area (Å²) in [5, 5.41) is 8.55.